The molecule has 0 aliphatic carbocycles. The highest BCUT2D eigenvalue weighted by atomic mass is 79.9. The lowest BCUT2D eigenvalue weighted by Crippen LogP contribution is -2.20. The third-order valence-corrected chi connectivity index (χ3v) is 2.75. The maximum Gasteiger partial charge on any atom is 0.143 e. The number of aliphatic hydroxyl groups is 2. The average molecular weight is 284 g/mol. The fraction of sp³-hybridized carbons (Fsp3) is 0.333. The largest absolute Gasteiger partial charge is 0.389 e. The van der Waals surface area contributed by atoms with Crippen LogP contribution in [0.5, 0.6) is 0 Å². The zero-order valence-corrected chi connectivity index (χ0v) is 9.46. The third-order valence-electron chi connectivity index (χ3n) is 1.82. The molecule has 0 aliphatic rings. The van der Waals surface area contributed by atoms with Crippen LogP contribution in [0, 0.1) is 5.82 Å². The Morgan fingerprint density at radius 1 is 1.43 bits per heavy atom. The second-order valence-electron chi connectivity index (χ2n) is 2.81. The van der Waals surface area contributed by atoms with Crippen molar-refractivity contribution in [3.8, 4) is 0 Å². The van der Waals surface area contributed by atoms with E-state index in [-0.39, 0.29) is 15.9 Å². The standard InChI is InChI=1S/C9H9BrClFO2/c10-6-3-1-2-5(8(6)12)9(14)7(13)4-11/h1-3,7,9,13-14H,4H2. The highest BCUT2D eigenvalue weighted by Crippen LogP contribution is 2.25. The Kier molecular flexibility index (Phi) is 4.31. The monoisotopic (exact) mass is 282 g/mol. The quantitative estimate of drug-likeness (QED) is 0.835. The van der Waals surface area contributed by atoms with Crippen molar-refractivity contribution in [3.05, 3.63) is 34.1 Å². The second-order valence-corrected chi connectivity index (χ2v) is 3.97. The van der Waals surface area contributed by atoms with E-state index in [4.69, 9.17) is 11.6 Å². The lowest BCUT2D eigenvalue weighted by atomic mass is 10.1. The van der Waals surface area contributed by atoms with Gasteiger partial charge in [-0.05, 0) is 22.0 Å². The minimum Gasteiger partial charge on any atom is -0.389 e. The molecule has 14 heavy (non-hydrogen) atoms. The Balaban J connectivity index is 3.01. The molecule has 0 fully saturated rings. The van der Waals surface area contributed by atoms with Gasteiger partial charge in [0.2, 0.25) is 0 Å². The first-order valence-electron chi connectivity index (χ1n) is 3.94. The summed E-state index contributed by atoms with van der Waals surface area (Å²) in [4.78, 5) is 0. The minimum absolute atomic E-state index is 0.0347. The molecule has 78 valence electrons. The summed E-state index contributed by atoms with van der Waals surface area (Å²) in [5.74, 6) is -0.725. The Bertz CT molecular complexity index is 322. The maximum atomic E-state index is 13.4. The van der Waals surface area contributed by atoms with Crippen LogP contribution in [-0.2, 0) is 0 Å². The molecule has 1 aromatic rings. The fourth-order valence-electron chi connectivity index (χ4n) is 1.04. The van der Waals surface area contributed by atoms with E-state index >= 15 is 0 Å². The molecule has 0 bridgehead atoms. The van der Waals surface area contributed by atoms with E-state index < -0.39 is 18.0 Å². The van der Waals surface area contributed by atoms with Gasteiger partial charge in [0.15, 0.2) is 0 Å². The maximum absolute atomic E-state index is 13.4. The summed E-state index contributed by atoms with van der Waals surface area (Å²) in [6, 6.07) is 4.49. The summed E-state index contributed by atoms with van der Waals surface area (Å²) in [5, 5.41) is 18.7. The van der Waals surface area contributed by atoms with E-state index in [0.29, 0.717) is 0 Å². The van der Waals surface area contributed by atoms with Crippen LogP contribution in [0.3, 0.4) is 0 Å². The molecule has 1 rings (SSSR count). The predicted molar refractivity (Wildman–Crippen MR) is 55.8 cm³/mol. The second kappa shape index (κ2) is 5.07. The molecule has 2 unspecified atom stereocenters. The summed E-state index contributed by atoms with van der Waals surface area (Å²) in [5.41, 5.74) is 0.0347. The minimum atomic E-state index is -1.30. The van der Waals surface area contributed by atoms with Gasteiger partial charge < -0.3 is 10.2 Å². The zero-order valence-electron chi connectivity index (χ0n) is 7.12. The van der Waals surface area contributed by atoms with Gasteiger partial charge in [-0.1, -0.05) is 12.1 Å². The van der Waals surface area contributed by atoms with Crippen molar-refractivity contribution in [2.45, 2.75) is 12.2 Å². The molecule has 5 heteroatoms. The summed E-state index contributed by atoms with van der Waals surface area (Å²) in [6.07, 6.45) is -2.47. The van der Waals surface area contributed by atoms with E-state index in [1.54, 1.807) is 6.07 Å². The van der Waals surface area contributed by atoms with Gasteiger partial charge >= 0.3 is 0 Å². The van der Waals surface area contributed by atoms with Crippen LogP contribution in [0.1, 0.15) is 11.7 Å². The Hall–Kier alpha value is -0.160. The van der Waals surface area contributed by atoms with Crippen LogP contribution >= 0.6 is 27.5 Å². The van der Waals surface area contributed by atoms with Crippen molar-refractivity contribution < 1.29 is 14.6 Å². The Labute approximate surface area is 94.5 Å². The number of alkyl halides is 1. The van der Waals surface area contributed by atoms with Gasteiger partial charge in [-0.2, -0.15) is 0 Å². The van der Waals surface area contributed by atoms with Gasteiger partial charge in [0.1, 0.15) is 11.9 Å². The lowest BCUT2D eigenvalue weighted by Gasteiger charge is -2.16. The van der Waals surface area contributed by atoms with Crippen LogP contribution in [0.2, 0.25) is 0 Å². The van der Waals surface area contributed by atoms with E-state index in [9.17, 15) is 14.6 Å². The molecule has 0 saturated heterocycles. The van der Waals surface area contributed by atoms with Crippen molar-refractivity contribution in [1.29, 1.82) is 0 Å². The molecule has 0 aromatic heterocycles. The number of aliphatic hydroxyl groups excluding tert-OH is 2. The van der Waals surface area contributed by atoms with Crippen molar-refractivity contribution in [1.82, 2.24) is 0 Å². The van der Waals surface area contributed by atoms with Crippen LogP contribution in [0.4, 0.5) is 4.39 Å². The van der Waals surface area contributed by atoms with Gasteiger partial charge in [-0.15, -0.1) is 11.6 Å². The van der Waals surface area contributed by atoms with Crippen molar-refractivity contribution >= 4 is 27.5 Å². The number of hydrogen-bond acceptors (Lipinski definition) is 2. The molecular weight excluding hydrogens is 274 g/mol. The van der Waals surface area contributed by atoms with Gasteiger partial charge in [0.05, 0.1) is 16.5 Å². The lowest BCUT2D eigenvalue weighted by molar-refractivity contribution is 0.0304. The predicted octanol–water partition coefficient (Wildman–Crippen LogP) is 2.22. The number of benzene rings is 1. The van der Waals surface area contributed by atoms with Crippen molar-refractivity contribution in [3.63, 3.8) is 0 Å². The molecule has 0 heterocycles. The number of halogens is 3. The van der Waals surface area contributed by atoms with Crippen molar-refractivity contribution in [2.75, 3.05) is 5.88 Å². The molecular formula is C9H9BrClFO2. The SMILES string of the molecule is OC(CCl)C(O)c1cccc(Br)c1F. The zero-order chi connectivity index (χ0) is 10.7. The van der Waals surface area contributed by atoms with Crippen LogP contribution in [-0.4, -0.2) is 22.2 Å². The average Bonchev–Trinajstić information content (AvgIpc) is 2.20. The summed E-state index contributed by atoms with van der Waals surface area (Å²) < 4.78 is 13.6. The summed E-state index contributed by atoms with van der Waals surface area (Å²) >= 11 is 8.33. The summed E-state index contributed by atoms with van der Waals surface area (Å²) in [6.45, 7) is 0. The first-order valence-corrected chi connectivity index (χ1v) is 5.26. The Morgan fingerprint density at radius 2 is 2.07 bits per heavy atom. The Morgan fingerprint density at radius 3 is 2.64 bits per heavy atom. The normalized spacial score (nSPS) is 15.2. The van der Waals surface area contributed by atoms with E-state index in [1.807, 2.05) is 0 Å². The van der Waals surface area contributed by atoms with Gasteiger partial charge in [0.25, 0.3) is 0 Å². The van der Waals surface area contributed by atoms with E-state index in [1.165, 1.54) is 12.1 Å². The molecule has 2 N–H and O–H groups in total. The van der Waals surface area contributed by atoms with Gasteiger partial charge in [0, 0.05) is 5.56 Å². The highest BCUT2D eigenvalue weighted by molar-refractivity contribution is 9.10. The molecule has 2 atom stereocenters. The first-order chi connectivity index (χ1) is 6.57. The molecule has 0 saturated carbocycles. The van der Waals surface area contributed by atoms with Gasteiger partial charge in [-0.3, -0.25) is 0 Å². The highest BCUT2D eigenvalue weighted by Gasteiger charge is 2.21. The van der Waals surface area contributed by atoms with Crippen molar-refractivity contribution in [2.24, 2.45) is 0 Å². The molecule has 0 radical (unpaired) electrons. The van der Waals surface area contributed by atoms with E-state index in [0.717, 1.165) is 0 Å². The number of hydrogen-bond donors (Lipinski definition) is 2. The molecule has 0 amide bonds. The summed E-state index contributed by atoms with van der Waals surface area (Å²) in [7, 11) is 0. The van der Waals surface area contributed by atoms with Crippen LogP contribution in [0.25, 0.3) is 0 Å². The van der Waals surface area contributed by atoms with E-state index in [2.05, 4.69) is 15.9 Å². The number of rotatable bonds is 3. The fourth-order valence-corrected chi connectivity index (χ4v) is 1.59. The molecule has 0 spiro atoms. The van der Waals surface area contributed by atoms with Gasteiger partial charge in [-0.25, -0.2) is 4.39 Å². The smallest absolute Gasteiger partial charge is 0.143 e. The third kappa shape index (κ3) is 2.45. The van der Waals surface area contributed by atoms with Crippen LogP contribution < -0.4 is 0 Å². The topological polar surface area (TPSA) is 40.5 Å². The molecule has 2 nitrogen and oxygen atoms in total. The van der Waals surface area contributed by atoms with Crippen LogP contribution in [0.15, 0.2) is 22.7 Å². The molecule has 0 aliphatic heterocycles. The first kappa shape index (κ1) is 11.9. The molecule has 1 aromatic carbocycles.